The number of amides is 1. The molecule has 25 heavy (non-hydrogen) atoms. The molecule has 2 aromatic rings. The van der Waals surface area contributed by atoms with Crippen LogP contribution in [0.25, 0.3) is 0 Å². The van der Waals surface area contributed by atoms with Crippen molar-refractivity contribution >= 4 is 52.6 Å². The lowest BCUT2D eigenvalue weighted by atomic mass is 10.2. The van der Waals surface area contributed by atoms with Crippen LogP contribution in [0.4, 0.5) is 5.69 Å². The van der Waals surface area contributed by atoms with Crippen LogP contribution in [-0.2, 0) is 4.79 Å². The Morgan fingerprint density at radius 2 is 1.76 bits per heavy atom. The van der Waals surface area contributed by atoms with Gasteiger partial charge in [0.15, 0.2) is 6.61 Å². The summed E-state index contributed by atoms with van der Waals surface area (Å²) in [6.07, 6.45) is 1.55. The van der Waals surface area contributed by atoms with Crippen LogP contribution in [0.2, 0.25) is 15.1 Å². The average Bonchev–Trinajstić information content (AvgIpc) is 2.57. The Hall–Kier alpha value is -1.95. The first-order valence-electron chi connectivity index (χ1n) is 7.23. The van der Waals surface area contributed by atoms with Crippen LogP contribution >= 0.6 is 34.8 Å². The van der Waals surface area contributed by atoms with Crippen molar-refractivity contribution in [1.82, 2.24) is 5.43 Å². The van der Waals surface area contributed by atoms with Gasteiger partial charge in [-0.2, -0.15) is 5.10 Å². The summed E-state index contributed by atoms with van der Waals surface area (Å²) in [6.45, 7) is -0.255. The standard InChI is InChI=1S/C17H16Cl3N3O2/c1-23(2)12-5-3-11(4-6-12)9-21-22-17(24)10-25-16-8-14(19)13(18)7-15(16)20/h3-9H,10H2,1-2H3,(H,22,24). The van der Waals surface area contributed by atoms with E-state index in [-0.39, 0.29) is 17.4 Å². The van der Waals surface area contributed by atoms with Gasteiger partial charge in [0.05, 0.1) is 21.3 Å². The van der Waals surface area contributed by atoms with Gasteiger partial charge in [-0.1, -0.05) is 46.9 Å². The topological polar surface area (TPSA) is 53.9 Å². The van der Waals surface area contributed by atoms with Gasteiger partial charge in [0.25, 0.3) is 5.91 Å². The van der Waals surface area contributed by atoms with Crippen molar-refractivity contribution in [3.8, 4) is 5.75 Å². The Bertz CT molecular complexity index is 777. The maximum atomic E-state index is 11.8. The van der Waals surface area contributed by atoms with Gasteiger partial charge in [-0.25, -0.2) is 5.43 Å². The number of nitrogens with zero attached hydrogens (tertiary/aromatic N) is 2. The van der Waals surface area contributed by atoms with Gasteiger partial charge in [-0.3, -0.25) is 4.79 Å². The molecule has 1 N–H and O–H groups in total. The molecule has 0 bridgehead atoms. The minimum absolute atomic E-state index is 0.255. The third-order valence-electron chi connectivity index (χ3n) is 3.15. The van der Waals surface area contributed by atoms with Crippen molar-refractivity contribution in [3.05, 3.63) is 57.0 Å². The molecule has 132 valence electrons. The third-order valence-corrected chi connectivity index (χ3v) is 4.16. The van der Waals surface area contributed by atoms with Gasteiger partial charge in [-0.05, 0) is 23.8 Å². The van der Waals surface area contributed by atoms with Crippen molar-refractivity contribution < 1.29 is 9.53 Å². The highest BCUT2D eigenvalue weighted by Crippen LogP contribution is 2.33. The van der Waals surface area contributed by atoms with Gasteiger partial charge < -0.3 is 9.64 Å². The van der Waals surface area contributed by atoms with Crippen LogP contribution in [0.3, 0.4) is 0 Å². The molecular weight excluding hydrogens is 385 g/mol. The number of ether oxygens (including phenoxy) is 1. The van der Waals surface area contributed by atoms with Crippen LogP contribution < -0.4 is 15.1 Å². The largest absolute Gasteiger partial charge is 0.482 e. The fourth-order valence-corrected chi connectivity index (χ4v) is 2.42. The summed E-state index contributed by atoms with van der Waals surface area (Å²) in [6, 6.07) is 10.6. The molecule has 0 heterocycles. The van der Waals surface area contributed by atoms with E-state index in [1.807, 2.05) is 43.3 Å². The van der Waals surface area contributed by atoms with Crippen LogP contribution in [0, 0.1) is 0 Å². The first-order valence-corrected chi connectivity index (χ1v) is 8.37. The number of anilines is 1. The van der Waals surface area contributed by atoms with Crippen LogP contribution in [0.1, 0.15) is 5.56 Å². The minimum Gasteiger partial charge on any atom is -0.482 e. The SMILES string of the molecule is CN(C)c1ccc(C=NNC(=O)COc2cc(Cl)c(Cl)cc2Cl)cc1. The van der Waals surface area contributed by atoms with Gasteiger partial charge in [0, 0.05) is 25.8 Å². The van der Waals surface area contributed by atoms with Crippen LogP contribution in [0.15, 0.2) is 41.5 Å². The summed E-state index contributed by atoms with van der Waals surface area (Å²) in [5, 5.41) is 4.76. The van der Waals surface area contributed by atoms with E-state index < -0.39 is 5.91 Å². The molecular formula is C17H16Cl3N3O2. The second kappa shape index (κ2) is 8.94. The minimum atomic E-state index is -0.427. The Labute approximate surface area is 161 Å². The molecule has 0 aliphatic carbocycles. The van der Waals surface area contributed by atoms with Crippen molar-refractivity contribution in [3.63, 3.8) is 0 Å². The maximum Gasteiger partial charge on any atom is 0.277 e. The summed E-state index contributed by atoms with van der Waals surface area (Å²) >= 11 is 17.7. The Morgan fingerprint density at radius 3 is 2.40 bits per heavy atom. The Morgan fingerprint density at radius 1 is 1.12 bits per heavy atom. The summed E-state index contributed by atoms with van der Waals surface area (Å²) in [5.74, 6) is -0.155. The van der Waals surface area contributed by atoms with Crippen molar-refractivity contribution in [2.45, 2.75) is 0 Å². The van der Waals surface area contributed by atoms with E-state index in [0.29, 0.717) is 10.0 Å². The Kier molecular flexibility index (Phi) is 6.93. The highest BCUT2D eigenvalue weighted by molar-refractivity contribution is 6.43. The van der Waals surface area contributed by atoms with E-state index in [9.17, 15) is 4.79 Å². The smallest absolute Gasteiger partial charge is 0.277 e. The van der Waals surface area contributed by atoms with E-state index in [1.165, 1.54) is 12.1 Å². The second-order valence-electron chi connectivity index (χ2n) is 5.26. The summed E-state index contributed by atoms with van der Waals surface area (Å²) in [4.78, 5) is 13.7. The van der Waals surface area contributed by atoms with Crippen LogP contribution in [-0.4, -0.2) is 32.8 Å². The van der Waals surface area contributed by atoms with E-state index in [0.717, 1.165) is 11.3 Å². The van der Waals surface area contributed by atoms with Crippen molar-refractivity contribution in [1.29, 1.82) is 0 Å². The lowest BCUT2D eigenvalue weighted by Gasteiger charge is -2.11. The number of rotatable bonds is 6. The second-order valence-corrected chi connectivity index (χ2v) is 6.49. The predicted octanol–water partition coefficient (Wildman–Crippen LogP) is 4.24. The molecule has 0 fully saturated rings. The van der Waals surface area contributed by atoms with E-state index in [2.05, 4.69) is 10.5 Å². The molecule has 0 aromatic heterocycles. The monoisotopic (exact) mass is 399 g/mol. The summed E-state index contributed by atoms with van der Waals surface area (Å²) in [7, 11) is 3.92. The number of hydrogen-bond acceptors (Lipinski definition) is 4. The molecule has 0 spiro atoms. The number of hydrazone groups is 1. The van der Waals surface area contributed by atoms with Crippen molar-refractivity contribution in [2.75, 3.05) is 25.6 Å². The zero-order valence-corrected chi connectivity index (χ0v) is 15.9. The van der Waals surface area contributed by atoms with Gasteiger partial charge in [0.2, 0.25) is 0 Å². The normalized spacial score (nSPS) is 10.8. The fraction of sp³-hybridized carbons (Fsp3) is 0.176. The molecule has 0 radical (unpaired) electrons. The number of carbonyl (C=O) groups is 1. The molecule has 5 nitrogen and oxygen atoms in total. The first kappa shape index (κ1) is 19.4. The molecule has 0 unspecified atom stereocenters. The molecule has 1 amide bonds. The number of nitrogens with one attached hydrogen (secondary N) is 1. The summed E-state index contributed by atoms with van der Waals surface area (Å²) in [5.41, 5.74) is 4.31. The molecule has 0 saturated carbocycles. The fourth-order valence-electron chi connectivity index (χ4n) is 1.83. The number of hydrogen-bond donors (Lipinski definition) is 1. The van der Waals surface area contributed by atoms with Crippen molar-refractivity contribution in [2.24, 2.45) is 5.10 Å². The molecule has 0 aliphatic heterocycles. The average molecular weight is 401 g/mol. The molecule has 0 aliphatic rings. The molecule has 8 heteroatoms. The highest BCUT2D eigenvalue weighted by atomic mass is 35.5. The highest BCUT2D eigenvalue weighted by Gasteiger charge is 2.09. The van der Waals surface area contributed by atoms with E-state index >= 15 is 0 Å². The van der Waals surface area contributed by atoms with Gasteiger partial charge in [0.1, 0.15) is 5.75 Å². The zero-order chi connectivity index (χ0) is 18.4. The van der Waals surface area contributed by atoms with Gasteiger partial charge >= 0.3 is 0 Å². The van der Waals surface area contributed by atoms with Gasteiger partial charge in [-0.15, -0.1) is 0 Å². The lowest BCUT2D eigenvalue weighted by molar-refractivity contribution is -0.123. The summed E-state index contributed by atoms with van der Waals surface area (Å²) < 4.78 is 5.31. The number of benzene rings is 2. The molecule has 0 atom stereocenters. The maximum absolute atomic E-state index is 11.8. The first-order chi connectivity index (χ1) is 11.9. The third kappa shape index (κ3) is 5.81. The Balaban J connectivity index is 1.85. The molecule has 2 rings (SSSR count). The quantitative estimate of drug-likeness (QED) is 0.448. The van der Waals surface area contributed by atoms with E-state index in [1.54, 1.807) is 6.21 Å². The lowest BCUT2D eigenvalue weighted by Crippen LogP contribution is -2.24. The molecule has 0 saturated heterocycles. The molecule has 2 aromatic carbocycles. The zero-order valence-electron chi connectivity index (χ0n) is 13.6. The predicted molar refractivity (Wildman–Crippen MR) is 103 cm³/mol. The van der Waals surface area contributed by atoms with E-state index in [4.69, 9.17) is 39.5 Å². The van der Waals surface area contributed by atoms with Crippen LogP contribution in [0.5, 0.6) is 5.75 Å². The number of halogens is 3. The number of carbonyl (C=O) groups excluding carboxylic acids is 1.